The largest absolute Gasteiger partial charge is 0.493 e. The second kappa shape index (κ2) is 8.37. The molecule has 1 aromatic heterocycles. The number of methoxy groups -OCH3 is 2. The van der Waals surface area contributed by atoms with Gasteiger partial charge in [-0.3, -0.25) is 19.3 Å². The van der Waals surface area contributed by atoms with E-state index in [2.05, 4.69) is 0 Å². The molecule has 1 atom stereocenters. The molecule has 2 aliphatic heterocycles. The standard InChI is InChI=1S/C25H22N2O5S/c1-31-19-12-15-9-10-26(23(21-8-5-11-33-21)18(15)13-20(19)32-2)22(28)14-27-24(29)16-6-3-4-7-17(16)25(27)30/h3-8,11-13,23H,9-10,14H2,1-2H3. The molecule has 1 unspecified atom stereocenters. The third-order valence-corrected chi connectivity index (χ3v) is 7.10. The highest BCUT2D eigenvalue weighted by molar-refractivity contribution is 7.10. The third kappa shape index (κ3) is 3.47. The molecular weight excluding hydrogens is 440 g/mol. The van der Waals surface area contributed by atoms with E-state index in [0.717, 1.165) is 20.9 Å². The summed E-state index contributed by atoms with van der Waals surface area (Å²) in [7, 11) is 3.18. The second-order valence-electron chi connectivity index (χ2n) is 7.90. The first-order valence-corrected chi connectivity index (χ1v) is 11.4. The molecule has 0 saturated carbocycles. The molecule has 0 fully saturated rings. The first kappa shape index (κ1) is 21.2. The molecule has 0 spiro atoms. The highest BCUT2D eigenvalue weighted by atomic mass is 32.1. The molecule has 5 rings (SSSR count). The van der Waals surface area contributed by atoms with Gasteiger partial charge in [-0.1, -0.05) is 18.2 Å². The van der Waals surface area contributed by atoms with Crippen molar-refractivity contribution in [1.29, 1.82) is 0 Å². The number of hydrogen-bond donors (Lipinski definition) is 0. The molecule has 7 nitrogen and oxygen atoms in total. The average molecular weight is 463 g/mol. The van der Waals surface area contributed by atoms with Crippen molar-refractivity contribution in [3.05, 3.63) is 81.0 Å². The van der Waals surface area contributed by atoms with Crippen LogP contribution in [0.5, 0.6) is 11.5 Å². The quantitative estimate of drug-likeness (QED) is 0.542. The van der Waals surface area contributed by atoms with Crippen LogP contribution >= 0.6 is 11.3 Å². The van der Waals surface area contributed by atoms with Gasteiger partial charge >= 0.3 is 0 Å². The van der Waals surface area contributed by atoms with Crippen molar-refractivity contribution in [3.63, 3.8) is 0 Å². The van der Waals surface area contributed by atoms with Gasteiger partial charge in [-0.2, -0.15) is 0 Å². The van der Waals surface area contributed by atoms with Crippen LogP contribution in [0.1, 0.15) is 42.8 Å². The number of fused-ring (bicyclic) bond motifs is 2. The number of carbonyl (C=O) groups is 3. The van der Waals surface area contributed by atoms with E-state index in [0.29, 0.717) is 35.6 Å². The van der Waals surface area contributed by atoms with Crippen LogP contribution in [0, 0.1) is 0 Å². The fraction of sp³-hybridized carbons (Fsp3) is 0.240. The minimum Gasteiger partial charge on any atom is -0.493 e. The second-order valence-corrected chi connectivity index (χ2v) is 8.88. The van der Waals surface area contributed by atoms with E-state index in [1.54, 1.807) is 54.7 Å². The average Bonchev–Trinajstić information content (AvgIpc) is 3.46. The van der Waals surface area contributed by atoms with Gasteiger partial charge in [-0.15, -0.1) is 11.3 Å². The topological polar surface area (TPSA) is 76.2 Å². The van der Waals surface area contributed by atoms with E-state index in [1.165, 1.54) is 0 Å². The summed E-state index contributed by atoms with van der Waals surface area (Å²) < 4.78 is 11.0. The van der Waals surface area contributed by atoms with Crippen LogP contribution in [-0.4, -0.2) is 54.8 Å². The number of benzene rings is 2. The molecular formula is C25H22N2O5S. The fourth-order valence-corrected chi connectivity index (χ4v) is 5.43. The zero-order chi connectivity index (χ0) is 23.1. The van der Waals surface area contributed by atoms with Crippen molar-refractivity contribution in [3.8, 4) is 11.5 Å². The maximum Gasteiger partial charge on any atom is 0.262 e. The van der Waals surface area contributed by atoms with Crippen molar-refractivity contribution >= 4 is 29.1 Å². The van der Waals surface area contributed by atoms with Crippen LogP contribution in [0.3, 0.4) is 0 Å². The Morgan fingerprint density at radius 1 is 1.00 bits per heavy atom. The molecule has 0 bridgehead atoms. The number of nitrogens with zero attached hydrogens (tertiary/aromatic N) is 2. The van der Waals surface area contributed by atoms with E-state index in [4.69, 9.17) is 9.47 Å². The van der Waals surface area contributed by atoms with Gasteiger partial charge in [0.05, 0.1) is 31.4 Å². The van der Waals surface area contributed by atoms with E-state index in [1.807, 2.05) is 29.6 Å². The Morgan fingerprint density at radius 2 is 1.67 bits per heavy atom. The summed E-state index contributed by atoms with van der Waals surface area (Å²) in [5.74, 6) is 0.101. The monoisotopic (exact) mass is 462 g/mol. The highest BCUT2D eigenvalue weighted by Crippen LogP contribution is 2.42. The zero-order valence-corrected chi connectivity index (χ0v) is 19.1. The third-order valence-electron chi connectivity index (χ3n) is 6.18. The van der Waals surface area contributed by atoms with Gasteiger partial charge in [0.25, 0.3) is 11.8 Å². The van der Waals surface area contributed by atoms with Crippen LogP contribution in [0.2, 0.25) is 0 Å². The summed E-state index contributed by atoms with van der Waals surface area (Å²) in [4.78, 5) is 42.9. The lowest BCUT2D eigenvalue weighted by Crippen LogP contribution is -2.46. The minimum absolute atomic E-state index is 0.275. The van der Waals surface area contributed by atoms with Crippen LogP contribution in [0.4, 0.5) is 0 Å². The molecule has 3 amide bonds. The van der Waals surface area contributed by atoms with Crippen molar-refractivity contribution in [2.45, 2.75) is 12.5 Å². The summed E-state index contributed by atoms with van der Waals surface area (Å²) >= 11 is 1.56. The van der Waals surface area contributed by atoms with E-state index in [9.17, 15) is 14.4 Å². The molecule has 0 saturated heterocycles. The van der Waals surface area contributed by atoms with Gasteiger partial charge in [0, 0.05) is 11.4 Å². The minimum atomic E-state index is -0.430. The molecule has 2 aromatic carbocycles. The van der Waals surface area contributed by atoms with Crippen molar-refractivity contribution < 1.29 is 23.9 Å². The maximum atomic E-state index is 13.5. The summed E-state index contributed by atoms with van der Waals surface area (Å²) in [5, 5.41) is 1.97. The van der Waals surface area contributed by atoms with Crippen LogP contribution in [-0.2, 0) is 11.2 Å². The summed E-state index contributed by atoms with van der Waals surface area (Å²) in [5.41, 5.74) is 2.71. The Balaban J connectivity index is 1.49. The van der Waals surface area contributed by atoms with Gasteiger partial charge in [0.2, 0.25) is 5.91 Å². The molecule has 3 aromatic rings. The van der Waals surface area contributed by atoms with Crippen LogP contribution < -0.4 is 9.47 Å². The van der Waals surface area contributed by atoms with E-state index >= 15 is 0 Å². The van der Waals surface area contributed by atoms with Gasteiger partial charge in [-0.05, 0) is 53.3 Å². The van der Waals surface area contributed by atoms with Crippen LogP contribution in [0.25, 0.3) is 0 Å². The lowest BCUT2D eigenvalue weighted by atomic mass is 9.90. The van der Waals surface area contributed by atoms with Gasteiger partial charge < -0.3 is 14.4 Å². The summed E-state index contributed by atoms with van der Waals surface area (Å²) in [6.45, 7) is 0.171. The molecule has 2 aliphatic rings. The van der Waals surface area contributed by atoms with Crippen LogP contribution in [0.15, 0.2) is 53.9 Å². The predicted molar refractivity (Wildman–Crippen MR) is 123 cm³/mol. The number of imide groups is 1. The number of thiophene rings is 1. The number of hydrogen-bond acceptors (Lipinski definition) is 6. The lowest BCUT2D eigenvalue weighted by molar-refractivity contribution is -0.133. The zero-order valence-electron chi connectivity index (χ0n) is 18.2. The fourth-order valence-electron chi connectivity index (χ4n) is 4.58. The first-order valence-electron chi connectivity index (χ1n) is 10.6. The van der Waals surface area contributed by atoms with E-state index in [-0.39, 0.29) is 18.5 Å². The SMILES string of the molecule is COc1cc2c(cc1OC)C(c1cccs1)N(C(=O)CN1C(=O)c3ccccc3C1=O)CC2. The highest BCUT2D eigenvalue weighted by Gasteiger charge is 2.40. The molecule has 168 valence electrons. The molecule has 0 aliphatic carbocycles. The van der Waals surface area contributed by atoms with Gasteiger partial charge in [0.1, 0.15) is 6.54 Å². The van der Waals surface area contributed by atoms with Gasteiger partial charge in [0.15, 0.2) is 11.5 Å². The molecule has 0 N–H and O–H groups in total. The number of carbonyl (C=O) groups excluding carboxylic acids is 3. The summed E-state index contributed by atoms with van der Waals surface area (Å²) in [6.07, 6.45) is 0.630. The number of ether oxygens (including phenoxy) is 2. The summed E-state index contributed by atoms with van der Waals surface area (Å²) in [6, 6.07) is 14.1. The Hall–Kier alpha value is -3.65. The van der Waals surface area contributed by atoms with Gasteiger partial charge in [-0.25, -0.2) is 0 Å². The normalized spacial score (nSPS) is 17.1. The Kier molecular flexibility index (Phi) is 5.38. The maximum absolute atomic E-state index is 13.5. The first-order chi connectivity index (χ1) is 16.0. The Morgan fingerprint density at radius 3 is 2.27 bits per heavy atom. The molecule has 0 radical (unpaired) electrons. The van der Waals surface area contributed by atoms with Crippen molar-refractivity contribution in [2.75, 3.05) is 27.3 Å². The molecule has 8 heteroatoms. The number of amides is 3. The lowest BCUT2D eigenvalue weighted by Gasteiger charge is -2.38. The van der Waals surface area contributed by atoms with Crippen molar-refractivity contribution in [1.82, 2.24) is 9.80 Å². The Bertz CT molecular complexity index is 1220. The van der Waals surface area contributed by atoms with Crippen molar-refractivity contribution in [2.24, 2.45) is 0 Å². The number of rotatable bonds is 5. The molecule has 3 heterocycles. The predicted octanol–water partition coefficient (Wildman–Crippen LogP) is 3.54. The molecule has 33 heavy (non-hydrogen) atoms. The smallest absolute Gasteiger partial charge is 0.262 e. The Labute approximate surface area is 195 Å². The van der Waals surface area contributed by atoms with E-state index < -0.39 is 11.8 Å².